The van der Waals surface area contributed by atoms with E-state index in [0.29, 0.717) is 0 Å². The van der Waals surface area contributed by atoms with Crippen LogP contribution in [0, 0.1) is 0 Å². The Labute approximate surface area is 148 Å². The molecule has 0 atom stereocenters. The molecule has 2 rings (SSSR count). The van der Waals surface area contributed by atoms with E-state index < -0.39 is 6.09 Å². The molecule has 0 aromatic carbocycles. The second-order valence-corrected chi connectivity index (χ2v) is 6.11. The number of nitrogens with one attached hydrogen (secondary N) is 1. The molecular weight excluding hydrogens is 318 g/mol. The van der Waals surface area contributed by atoms with Crippen molar-refractivity contribution in [3.63, 3.8) is 0 Å². The highest BCUT2D eigenvalue weighted by Crippen LogP contribution is 2.39. The average Bonchev–Trinajstić information content (AvgIpc) is 2.69. The molecule has 2 aliphatic carbocycles. The van der Waals surface area contributed by atoms with Crippen molar-refractivity contribution in [2.45, 2.75) is 33.1 Å². The zero-order valence-electron chi connectivity index (χ0n) is 15.2. The highest BCUT2D eigenvalue weighted by molar-refractivity contribution is 5.85. The number of rotatable bonds is 4. The van der Waals surface area contributed by atoms with Crippen molar-refractivity contribution in [2.75, 3.05) is 19.8 Å². The molecule has 0 unspecified atom stereocenters. The van der Waals surface area contributed by atoms with Crippen LogP contribution in [0.4, 0.5) is 10.5 Å². The van der Waals surface area contributed by atoms with Crippen LogP contribution < -0.4 is 11.2 Å². The van der Waals surface area contributed by atoms with Crippen molar-refractivity contribution < 1.29 is 14.4 Å². The number of nitrogen functional groups attached to an aromatic ring is 1. The molecule has 0 saturated carbocycles. The largest absolute Gasteiger partial charge is 0.433 e. The third-order valence-corrected chi connectivity index (χ3v) is 4.21. The first-order valence-electron chi connectivity index (χ1n) is 8.37. The molecule has 0 aliphatic heterocycles. The third kappa shape index (κ3) is 4.02. The van der Waals surface area contributed by atoms with Crippen molar-refractivity contribution in [3.05, 3.63) is 41.0 Å². The number of hydroxylamine groups is 1. The summed E-state index contributed by atoms with van der Waals surface area (Å²) in [6.45, 7) is 4.18. The normalized spacial score (nSPS) is 10.6. The van der Waals surface area contributed by atoms with E-state index in [4.69, 9.17) is 5.73 Å². The van der Waals surface area contributed by atoms with Crippen LogP contribution in [0.15, 0.2) is 24.3 Å². The SMILES string of the molecule is CCc1c2ccc(CC(=O)NOC(=O)N(C)C)ccc-2c(CC)c1N. The van der Waals surface area contributed by atoms with Crippen LogP contribution in [0.3, 0.4) is 0 Å². The first-order valence-corrected chi connectivity index (χ1v) is 8.37. The number of nitrogens with two attached hydrogens (primary N) is 1. The molecule has 134 valence electrons. The number of amides is 2. The summed E-state index contributed by atoms with van der Waals surface area (Å²) in [5, 5.41) is 0. The van der Waals surface area contributed by atoms with Gasteiger partial charge in [-0.05, 0) is 40.7 Å². The number of carbonyl (C=O) groups is 2. The molecule has 0 radical (unpaired) electrons. The van der Waals surface area contributed by atoms with Gasteiger partial charge in [0, 0.05) is 19.8 Å². The summed E-state index contributed by atoms with van der Waals surface area (Å²) in [5.74, 6) is -0.382. The fourth-order valence-corrected chi connectivity index (χ4v) is 2.91. The Morgan fingerprint density at radius 3 is 2.00 bits per heavy atom. The van der Waals surface area contributed by atoms with Gasteiger partial charge in [-0.25, -0.2) is 4.79 Å². The van der Waals surface area contributed by atoms with E-state index in [9.17, 15) is 9.59 Å². The van der Waals surface area contributed by atoms with Gasteiger partial charge in [0.1, 0.15) is 0 Å². The van der Waals surface area contributed by atoms with Gasteiger partial charge in [0.15, 0.2) is 0 Å². The molecule has 6 nitrogen and oxygen atoms in total. The van der Waals surface area contributed by atoms with Gasteiger partial charge < -0.3 is 15.5 Å². The lowest BCUT2D eigenvalue weighted by Crippen LogP contribution is -2.33. The molecule has 25 heavy (non-hydrogen) atoms. The van der Waals surface area contributed by atoms with Crippen LogP contribution in [-0.4, -0.2) is 31.0 Å². The minimum Gasteiger partial charge on any atom is -0.398 e. The van der Waals surface area contributed by atoms with Gasteiger partial charge in [0.25, 0.3) is 5.91 Å². The van der Waals surface area contributed by atoms with E-state index in [0.717, 1.165) is 46.3 Å². The number of fused-ring (bicyclic) bond motifs is 1. The number of hydrogen-bond donors (Lipinski definition) is 2. The zero-order chi connectivity index (χ0) is 18.6. The van der Waals surface area contributed by atoms with Crippen LogP contribution in [-0.2, 0) is 28.9 Å². The average molecular weight is 343 g/mol. The number of hydrogen-bond acceptors (Lipinski definition) is 4. The molecular formula is C19H25N3O3. The summed E-state index contributed by atoms with van der Waals surface area (Å²) >= 11 is 0. The highest BCUT2D eigenvalue weighted by atomic mass is 16.7. The lowest BCUT2D eigenvalue weighted by atomic mass is 10.1. The van der Waals surface area contributed by atoms with Crippen molar-refractivity contribution in [3.8, 4) is 11.1 Å². The van der Waals surface area contributed by atoms with E-state index >= 15 is 0 Å². The van der Waals surface area contributed by atoms with E-state index in [-0.39, 0.29) is 12.3 Å². The summed E-state index contributed by atoms with van der Waals surface area (Å²) in [4.78, 5) is 29.2. The van der Waals surface area contributed by atoms with E-state index in [2.05, 4.69) is 24.2 Å². The van der Waals surface area contributed by atoms with Gasteiger partial charge >= 0.3 is 6.09 Å². The van der Waals surface area contributed by atoms with E-state index in [1.165, 1.54) is 4.90 Å². The predicted molar refractivity (Wildman–Crippen MR) is 98.2 cm³/mol. The Morgan fingerprint density at radius 1 is 1.04 bits per heavy atom. The fourth-order valence-electron chi connectivity index (χ4n) is 2.91. The van der Waals surface area contributed by atoms with Crippen LogP contribution in [0.25, 0.3) is 11.1 Å². The summed E-state index contributed by atoms with van der Waals surface area (Å²) in [7, 11) is 3.08. The van der Waals surface area contributed by atoms with Gasteiger partial charge in [0.05, 0.1) is 6.42 Å². The molecule has 3 N–H and O–H groups in total. The smallest absolute Gasteiger partial charge is 0.398 e. The lowest BCUT2D eigenvalue weighted by Gasteiger charge is -2.10. The van der Waals surface area contributed by atoms with Crippen molar-refractivity contribution in [1.29, 1.82) is 0 Å². The Kier molecular flexibility index (Phi) is 5.85. The lowest BCUT2D eigenvalue weighted by molar-refractivity contribution is -0.129. The standard InChI is InChI=1S/C19H25N3O3/c1-5-13-15-9-7-12(8-10-16(15)14(6-2)18(13)20)11-17(23)21-25-19(24)22(3)4/h7-10H,5-6,11,20H2,1-4H3,(H,21,23). The van der Waals surface area contributed by atoms with Crippen LogP contribution in [0.5, 0.6) is 0 Å². The summed E-state index contributed by atoms with van der Waals surface area (Å²) in [6, 6.07) is 7.84. The maximum atomic E-state index is 11.9. The fraction of sp³-hybridized carbons (Fsp3) is 0.368. The second-order valence-electron chi connectivity index (χ2n) is 6.11. The van der Waals surface area contributed by atoms with Gasteiger partial charge in [0.2, 0.25) is 0 Å². The van der Waals surface area contributed by atoms with Crippen molar-refractivity contribution >= 4 is 17.7 Å². The topological polar surface area (TPSA) is 84.7 Å². The maximum absolute atomic E-state index is 11.9. The maximum Gasteiger partial charge on any atom is 0.433 e. The van der Waals surface area contributed by atoms with Crippen LogP contribution in [0.2, 0.25) is 0 Å². The third-order valence-electron chi connectivity index (χ3n) is 4.21. The predicted octanol–water partition coefficient (Wildman–Crippen LogP) is 2.77. The minimum atomic E-state index is -0.624. The quantitative estimate of drug-likeness (QED) is 0.836. The summed E-state index contributed by atoms with van der Waals surface area (Å²) in [6.07, 6.45) is 1.23. The van der Waals surface area contributed by atoms with Gasteiger partial charge in [-0.1, -0.05) is 38.1 Å². The van der Waals surface area contributed by atoms with Gasteiger partial charge in [-0.3, -0.25) is 4.79 Å². The van der Waals surface area contributed by atoms with Crippen LogP contribution in [0.1, 0.15) is 30.5 Å². The molecule has 2 aliphatic rings. The van der Waals surface area contributed by atoms with Crippen LogP contribution >= 0.6 is 0 Å². The molecule has 0 fully saturated rings. The van der Waals surface area contributed by atoms with E-state index in [1.807, 2.05) is 24.3 Å². The number of carbonyl (C=O) groups excluding carboxylic acids is 2. The second kappa shape index (κ2) is 7.88. The highest BCUT2D eigenvalue weighted by Gasteiger charge is 2.18. The Bertz CT molecular complexity index is 714. The molecule has 0 aromatic heterocycles. The molecule has 0 spiro atoms. The van der Waals surface area contributed by atoms with Crippen molar-refractivity contribution in [2.24, 2.45) is 0 Å². The Morgan fingerprint density at radius 2 is 1.56 bits per heavy atom. The van der Waals surface area contributed by atoms with E-state index in [1.54, 1.807) is 14.1 Å². The zero-order valence-corrected chi connectivity index (χ0v) is 15.2. The minimum absolute atomic E-state index is 0.121. The molecule has 2 amide bonds. The van der Waals surface area contributed by atoms with Gasteiger partial charge in [-0.2, -0.15) is 5.48 Å². The monoisotopic (exact) mass is 343 g/mol. The molecule has 6 heteroatoms. The first-order chi connectivity index (χ1) is 11.9. The molecule has 0 heterocycles. The van der Waals surface area contributed by atoms with Crippen molar-refractivity contribution in [1.82, 2.24) is 10.4 Å². The summed E-state index contributed by atoms with van der Waals surface area (Å²) < 4.78 is 0. The number of anilines is 1. The molecule has 0 aromatic rings. The van der Waals surface area contributed by atoms with Gasteiger partial charge in [-0.15, -0.1) is 0 Å². The summed E-state index contributed by atoms with van der Waals surface area (Å²) in [5.41, 5.74) is 14.7. The Balaban J connectivity index is 2.20. The number of nitrogens with zero attached hydrogens (tertiary/aromatic N) is 1. The molecule has 0 saturated heterocycles. The molecule has 0 bridgehead atoms. The first kappa shape index (κ1) is 18.6. The Hall–Kier alpha value is -2.76.